The first kappa shape index (κ1) is 21.1. The molecule has 7 nitrogen and oxygen atoms in total. The number of hydrogen-bond donors (Lipinski definition) is 0. The number of ketones is 1. The number of Topliss-reactive ketones (excluding diaryl/α,β-unsaturated/α-hetero) is 1. The van der Waals surface area contributed by atoms with E-state index in [1.807, 2.05) is 0 Å². The zero-order valence-corrected chi connectivity index (χ0v) is 18.7. The van der Waals surface area contributed by atoms with Gasteiger partial charge in [-0.2, -0.15) is 5.10 Å². The lowest BCUT2D eigenvalue weighted by atomic mass is 10.1. The number of fused-ring (bicyclic) bond motifs is 1. The van der Waals surface area contributed by atoms with E-state index in [9.17, 15) is 13.6 Å². The van der Waals surface area contributed by atoms with Crippen LogP contribution < -0.4 is 0 Å². The molecule has 164 valence electrons. The number of carbonyl (C=O) groups excluding carboxylic acids is 1. The number of imidazole rings is 1. The number of benzene rings is 2. The molecule has 0 fully saturated rings. The predicted octanol–water partition coefficient (Wildman–Crippen LogP) is 5.39. The van der Waals surface area contributed by atoms with Gasteiger partial charge in [0.15, 0.2) is 29.0 Å². The molecule has 0 saturated heterocycles. The summed E-state index contributed by atoms with van der Waals surface area (Å²) in [5, 5.41) is 8.43. The Balaban J connectivity index is 1.42. The minimum atomic E-state index is -0.997. The molecule has 0 saturated carbocycles. The molecule has 3 heterocycles. The highest BCUT2D eigenvalue weighted by Crippen LogP contribution is 2.32. The van der Waals surface area contributed by atoms with Gasteiger partial charge in [0.1, 0.15) is 23.6 Å². The van der Waals surface area contributed by atoms with Gasteiger partial charge in [-0.3, -0.25) is 9.48 Å². The fraction of sp³-hybridized carbons (Fsp3) is 0.0870. The third-order valence-electron chi connectivity index (χ3n) is 5.08. The average molecular weight is 510 g/mol. The summed E-state index contributed by atoms with van der Waals surface area (Å²) in [6.07, 6.45) is 3.13. The summed E-state index contributed by atoms with van der Waals surface area (Å²) in [6, 6.07) is 10.9. The fourth-order valence-electron chi connectivity index (χ4n) is 3.35. The molecule has 2 aromatic carbocycles. The Kier molecular flexibility index (Phi) is 5.29. The lowest BCUT2D eigenvalue weighted by Gasteiger charge is -2.04. The fourth-order valence-corrected chi connectivity index (χ4v) is 3.84. The Morgan fingerprint density at radius 3 is 2.61 bits per heavy atom. The van der Waals surface area contributed by atoms with E-state index in [0.29, 0.717) is 32.9 Å². The first-order valence-corrected chi connectivity index (χ1v) is 10.6. The van der Waals surface area contributed by atoms with E-state index >= 15 is 0 Å². The number of nitrogens with zero attached hydrogens (tertiary/aromatic N) is 5. The minimum Gasteiger partial charge on any atom is -0.358 e. The first-order valence-electron chi connectivity index (χ1n) is 9.80. The lowest BCUT2D eigenvalue weighted by Crippen LogP contribution is -2.05. The van der Waals surface area contributed by atoms with Gasteiger partial charge in [-0.05, 0) is 35.0 Å². The smallest absolute Gasteiger partial charge is 0.172 e. The maximum Gasteiger partial charge on any atom is 0.172 e. The largest absolute Gasteiger partial charge is 0.358 e. The number of rotatable bonds is 5. The molecule has 0 aliphatic carbocycles. The number of carbonyl (C=O) groups is 1. The van der Waals surface area contributed by atoms with Gasteiger partial charge in [0.05, 0.1) is 22.4 Å². The quantitative estimate of drug-likeness (QED) is 0.295. The highest BCUT2D eigenvalue weighted by atomic mass is 79.9. The maximum atomic E-state index is 14.1. The van der Waals surface area contributed by atoms with E-state index in [0.717, 1.165) is 11.6 Å². The standard InChI is InChI=1S/C23H14BrF2N5O2/c1-12(32)13-5-7-14(8-6-13)22-20(24)19(33-30-22)11-31-10-18-17(9-27-31)28-23(29-18)15-3-2-4-16(25)21(15)26/h2-10H,11H2,1H3. The molecule has 0 atom stereocenters. The molecule has 0 radical (unpaired) electrons. The van der Waals surface area contributed by atoms with Gasteiger partial charge in [0.2, 0.25) is 0 Å². The second kappa shape index (κ2) is 8.28. The van der Waals surface area contributed by atoms with Crippen LogP contribution in [0.3, 0.4) is 0 Å². The monoisotopic (exact) mass is 509 g/mol. The van der Waals surface area contributed by atoms with Gasteiger partial charge in [-0.25, -0.2) is 18.7 Å². The Labute approximate surface area is 194 Å². The summed E-state index contributed by atoms with van der Waals surface area (Å²) in [7, 11) is 0. The van der Waals surface area contributed by atoms with Crippen molar-refractivity contribution in [1.29, 1.82) is 0 Å². The van der Waals surface area contributed by atoms with Crippen molar-refractivity contribution in [3.8, 4) is 34.0 Å². The zero-order chi connectivity index (χ0) is 23.1. The van der Waals surface area contributed by atoms with Gasteiger partial charge in [0.25, 0.3) is 0 Å². The predicted molar refractivity (Wildman–Crippen MR) is 119 cm³/mol. The van der Waals surface area contributed by atoms with Gasteiger partial charge < -0.3 is 4.52 Å². The van der Waals surface area contributed by atoms with Crippen molar-refractivity contribution >= 4 is 21.7 Å². The normalized spacial score (nSPS) is 11.3. The molecule has 0 amide bonds. The van der Waals surface area contributed by atoms with Gasteiger partial charge >= 0.3 is 0 Å². The van der Waals surface area contributed by atoms with Gasteiger partial charge in [0, 0.05) is 11.1 Å². The van der Waals surface area contributed by atoms with E-state index < -0.39 is 11.6 Å². The molecule has 1 aromatic heterocycles. The van der Waals surface area contributed by atoms with Crippen molar-refractivity contribution in [3.63, 3.8) is 0 Å². The van der Waals surface area contributed by atoms with Gasteiger partial charge in [-0.15, -0.1) is 0 Å². The molecule has 0 spiro atoms. The second-order valence-electron chi connectivity index (χ2n) is 7.29. The summed E-state index contributed by atoms with van der Waals surface area (Å²) < 4.78 is 35.4. The molecule has 10 heteroatoms. The van der Waals surface area contributed by atoms with Crippen LogP contribution in [0.4, 0.5) is 8.78 Å². The molecule has 33 heavy (non-hydrogen) atoms. The average Bonchev–Trinajstić information content (AvgIpc) is 3.39. The van der Waals surface area contributed by atoms with Crippen molar-refractivity contribution in [1.82, 2.24) is 24.9 Å². The maximum absolute atomic E-state index is 14.1. The van der Waals surface area contributed by atoms with Crippen molar-refractivity contribution in [2.45, 2.75) is 13.5 Å². The van der Waals surface area contributed by atoms with Crippen molar-refractivity contribution in [3.05, 3.63) is 82.3 Å². The summed E-state index contributed by atoms with van der Waals surface area (Å²) >= 11 is 3.52. The number of aromatic nitrogens is 5. The van der Waals surface area contributed by atoms with Crippen LogP contribution in [0, 0.1) is 11.6 Å². The summed E-state index contributed by atoms with van der Waals surface area (Å²) in [5.74, 6) is -1.37. The van der Waals surface area contributed by atoms with E-state index in [4.69, 9.17) is 4.52 Å². The Bertz CT molecular complexity index is 1460. The van der Waals surface area contributed by atoms with Crippen LogP contribution >= 0.6 is 15.9 Å². The Hall–Kier alpha value is -3.79. The Morgan fingerprint density at radius 2 is 1.85 bits per heavy atom. The third kappa shape index (κ3) is 3.93. The lowest BCUT2D eigenvalue weighted by molar-refractivity contribution is 0.101. The van der Waals surface area contributed by atoms with E-state index in [2.05, 4.69) is 36.2 Å². The van der Waals surface area contributed by atoms with Crippen LogP contribution in [0.2, 0.25) is 0 Å². The molecular formula is C23H14BrF2N5O2. The molecule has 0 bridgehead atoms. The second-order valence-corrected chi connectivity index (χ2v) is 8.09. The van der Waals surface area contributed by atoms with Crippen LogP contribution in [-0.4, -0.2) is 30.7 Å². The van der Waals surface area contributed by atoms with Crippen molar-refractivity contribution in [2.75, 3.05) is 0 Å². The molecular weight excluding hydrogens is 496 g/mol. The molecule has 2 aliphatic rings. The van der Waals surface area contributed by atoms with Crippen LogP contribution in [-0.2, 0) is 6.54 Å². The molecule has 2 aliphatic heterocycles. The molecule has 0 N–H and O–H groups in total. The summed E-state index contributed by atoms with van der Waals surface area (Å²) in [4.78, 5) is 20.0. The van der Waals surface area contributed by atoms with Crippen LogP contribution in [0.5, 0.6) is 0 Å². The molecule has 5 rings (SSSR count). The van der Waals surface area contributed by atoms with E-state index in [1.54, 1.807) is 35.1 Å². The van der Waals surface area contributed by atoms with E-state index in [-0.39, 0.29) is 23.7 Å². The van der Waals surface area contributed by atoms with Crippen LogP contribution in [0.15, 0.2) is 63.9 Å². The van der Waals surface area contributed by atoms with Crippen LogP contribution in [0.25, 0.3) is 34.0 Å². The first-order chi connectivity index (χ1) is 15.9. The topological polar surface area (TPSA) is 86.7 Å². The zero-order valence-electron chi connectivity index (χ0n) is 17.1. The number of halogens is 3. The SMILES string of the molecule is CC(=O)c1ccc(-c2noc(Cn3cc4nc(-c5cccc(F)c5F)nc-4cn3)c2Br)cc1. The number of hydrogen-bond acceptors (Lipinski definition) is 6. The molecule has 0 unspecified atom stereocenters. The highest BCUT2D eigenvalue weighted by molar-refractivity contribution is 9.10. The third-order valence-corrected chi connectivity index (χ3v) is 5.90. The van der Waals surface area contributed by atoms with Crippen molar-refractivity contribution < 1.29 is 18.1 Å². The minimum absolute atomic E-state index is 0.0155. The highest BCUT2D eigenvalue weighted by Gasteiger charge is 2.20. The van der Waals surface area contributed by atoms with E-state index in [1.165, 1.54) is 25.3 Å². The van der Waals surface area contributed by atoms with Crippen molar-refractivity contribution in [2.24, 2.45) is 0 Å². The van der Waals surface area contributed by atoms with Crippen LogP contribution in [0.1, 0.15) is 23.0 Å². The molecule has 3 aromatic rings. The summed E-state index contributed by atoms with van der Waals surface area (Å²) in [5.41, 5.74) is 2.90. The van der Waals surface area contributed by atoms with Gasteiger partial charge in [-0.1, -0.05) is 35.5 Å². The Morgan fingerprint density at radius 1 is 1.09 bits per heavy atom. The summed E-state index contributed by atoms with van der Waals surface area (Å²) in [6.45, 7) is 1.75.